The van der Waals surface area contributed by atoms with Gasteiger partial charge in [0, 0.05) is 25.5 Å². The molecule has 6 nitrogen and oxygen atoms in total. The summed E-state index contributed by atoms with van der Waals surface area (Å²) >= 11 is 0. The highest BCUT2D eigenvalue weighted by atomic mass is 16.4. The number of piperidine rings is 1. The van der Waals surface area contributed by atoms with Gasteiger partial charge in [-0.25, -0.2) is 4.79 Å². The number of carboxylic acids is 1. The first-order valence-corrected chi connectivity index (χ1v) is 8.20. The summed E-state index contributed by atoms with van der Waals surface area (Å²) in [6.45, 7) is 1.72. The molecule has 24 heavy (non-hydrogen) atoms. The molecule has 1 aliphatic heterocycles. The summed E-state index contributed by atoms with van der Waals surface area (Å²) in [5, 5.41) is 13.3. The van der Waals surface area contributed by atoms with E-state index in [9.17, 15) is 14.7 Å². The Hall–Kier alpha value is -2.63. The van der Waals surface area contributed by atoms with Crippen molar-refractivity contribution in [3.63, 3.8) is 0 Å². The van der Waals surface area contributed by atoms with Crippen molar-refractivity contribution in [3.05, 3.63) is 53.9 Å². The maximum Gasteiger partial charge on any atom is 0.335 e. The Morgan fingerprint density at radius 1 is 1.17 bits per heavy atom. The van der Waals surface area contributed by atoms with Crippen LogP contribution in [-0.4, -0.2) is 44.8 Å². The number of hydrogen-bond acceptors (Lipinski definition) is 3. The quantitative estimate of drug-likeness (QED) is 0.912. The molecule has 1 fully saturated rings. The second-order valence-electron chi connectivity index (χ2n) is 6.19. The Balaban J connectivity index is 1.54. The fourth-order valence-corrected chi connectivity index (χ4v) is 3.24. The fourth-order valence-electron chi connectivity index (χ4n) is 3.24. The predicted molar refractivity (Wildman–Crippen MR) is 88.6 cm³/mol. The number of aromatic carboxylic acids is 1. The van der Waals surface area contributed by atoms with Crippen LogP contribution < -0.4 is 0 Å². The number of hydrogen-bond donors (Lipinski definition) is 1. The van der Waals surface area contributed by atoms with E-state index in [4.69, 9.17) is 0 Å². The van der Waals surface area contributed by atoms with Crippen LogP contribution >= 0.6 is 0 Å². The number of carboxylic acid groups (broad SMARTS) is 1. The van der Waals surface area contributed by atoms with Gasteiger partial charge in [0.2, 0.25) is 5.91 Å². The highest BCUT2D eigenvalue weighted by molar-refractivity contribution is 5.89. The van der Waals surface area contributed by atoms with Crippen molar-refractivity contribution in [3.8, 4) is 0 Å². The minimum absolute atomic E-state index is 0.0862. The zero-order valence-corrected chi connectivity index (χ0v) is 13.5. The van der Waals surface area contributed by atoms with Gasteiger partial charge in [0.05, 0.1) is 5.56 Å². The number of likely N-dealkylation sites (tertiary alicyclic amines) is 1. The SMILES string of the molecule is O=C(O)c1ccccc1CC1CCN(C(=O)Cn2cccn2)CC1. The van der Waals surface area contributed by atoms with Crippen LogP contribution in [0, 0.1) is 5.92 Å². The Morgan fingerprint density at radius 3 is 2.58 bits per heavy atom. The van der Waals surface area contributed by atoms with Crippen LogP contribution in [0.15, 0.2) is 42.7 Å². The van der Waals surface area contributed by atoms with E-state index < -0.39 is 5.97 Å². The molecule has 1 saturated heterocycles. The van der Waals surface area contributed by atoms with Crippen LogP contribution in [-0.2, 0) is 17.8 Å². The van der Waals surface area contributed by atoms with E-state index >= 15 is 0 Å². The number of aromatic nitrogens is 2. The summed E-state index contributed by atoms with van der Waals surface area (Å²) in [4.78, 5) is 25.4. The topological polar surface area (TPSA) is 75.4 Å². The van der Waals surface area contributed by atoms with Crippen molar-refractivity contribution >= 4 is 11.9 Å². The first-order chi connectivity index (χ1) is 11.6. The molecule has 126 valence electrons. The molecule has 2 heterocycles. The van der Waals surface area contributed by atoms with E-state index in [1.165, 1.54) is 0 Å². The van der Waals surface area contributed by atoms with Gasteiger partial charge in [-0.3, -0.25) is 9.48 Å². The summed E-state index contributed by atoms with van der Waals surface area (Å²) in [6, 6.07) is 8.98. The summed E-state index contributed by atoms with van der Waals surface area (Å²) in [5.41, 5.74) is 1.26. The first-order valence-electron chi connectivity index (χ1n) is 8.20. The van der Waals surface area contributed by atoms with Crippen LogP contribution in [0.1, 0.15) is 28.8 Å². The van der Waals surface area contributed by atoms with Crippen LogP contribution in [0.5, 0.6) is 0 Å². The first kappa shape index (κ1) is 16.2. The van der Waals surface area contributed by atoms with Gasteiger partial charge in [0.15, 0.2) is 0 Å². The van der Waals surface area contributed by atoms with Gasteiger partial charge >= 0.3 is 5.97 Å². The summed E-state index contributed by atoms with van der Waals surface area (Å²) in [7, 11) is 0. The largest absolute Gasteiger partial charge is 0.478 e. The molecule has 1 N–H and O–H groups in total. The third-order valence-electron chi connectivity index (χ3n) is 4.58. The number of nitrogens with zero attached hydrogens (tertiary/aromatic N) is 3. The number of benzene rings is 1. The second-order valence-corrected chi connectivity index (χ2v) is 6.19. The number of carbonyl (C=O) groups excluding carboxylic acids is 1. The fraction of sp³-hybridized carbons (Fsp3) is 0.389. The van der Waals surface area contributed by atoms with Crippen molar-refractivity contribution in [2.75, 3.05) is 13.1 Å². The molecule has 0 bridgehead atoms. The van der Waals surface area contributed by atoms with Crippen molar-refractivity contribution in [2.24, 2.45) is 5.92 Å². The Labute approximate surface area is 140 Å². The highest BCUT2D eigenvalue weighted by Crippen LogP contribution is 2.23. The summed E-state index contributed by atoms with van der Waals surface area (Å²) < 4.78 is 1.64. The number of rotatable bonds is 5. The smallest absolute Gasteiger partial charge is 0.335 e. The third-order valence-corrected chi connectivity index (χ3v) is 4.58. The average Bonchev–Trinajstić information content (AvgIpc) is 3.09. The van der Waals surface area contributed by atoms with Gasteiger partial charge in [0.1, 0.15) is 6.54 Å². The maximum atomic E-state index is 12.3. The Kier molecular flexibility index (Phi) is 4.93. The molecule has 0 radical (unpaired) electrons. The van der Waals surface area contributed by atoms with Gasteiger partial charge in [-0.15, -0.1) is 0 Å². The van der Waals surface area contributed by atoms with Crippen molar-refractivity contribution in [1.29, 1.82) is 0 Å². The normalized spacial score (nSPS) is 15.4. The molecule has 0 aliphatic carbocycles. The maximum absolute atomic E-state index is 12.3. The van der Waals surface area contributed by atoms with E-state index in [2.05, 4.69) is 5.10 Å². The zero-order valence-electron chi connectivity index (χ0n) is 13.5. The molecule has 0 unspecified atom stereocenters. The van der Waals surface area contributed by atoms with Crippen LogP contribution in [0.25, 0.3) is 0 Å². The molecule has 1 aliphatic rings. The average molecular weight is 327 g/mol. The van der Waals surface area contributed by atoms with Crippen molar-refractivity contribution < 1.29 is 14.7 Å². The molecule has 0 atom stereocenters. The van der Waals surface area contributed by atoms with Gasteiger partial charge in [-0.1, -0.05) is 18.2 Å². The van der Waals surface area contributed by atoms with Gasteiger partial charge < -0.3 is 10.0 Å². The summed E-state index contributed by atoms with van der Waals surface area (Å²) in [6.07, 6.45) is 6.01. The van der Waals surface area contributed by atoms with Gasteiger partial charge in [0.25, 0.3) is 0 Å². The van der Waals surface area contributed by atoms with E-state index in [0.29, 0.717) is 11.5 Å². The lowest BCUT2D eigenvalue weighted by atomic mass is 9.88. The molecule has 0 saturated carbocycles. The lowest BCUT2D eigenvalue weighted by Gasteiger charge is -2.32. The van der Waals surface area contributed by atoms with E-state index in [-0.39, 0.29) is 12.5 Å². The highest BCUT2D eigenvalue weighted by Gasteiger charge is 2.24. The lowest BCUT2D eigenvalue weighted by molar-refractivity contribution is -0.133. The second kappa shape index (κ2) is 7.29. The standard InChI is InChI=1S/C18H21N3O3/c22-17(13-21-9-3-8-19-21)20-10-6-14(7-11-20)12-15-4-1-2-5-16(15)18(23)24/h1-5,8-9,14H,6-7,10-13H2,(H,23,24). The van der Waals surface area contributed by atoms with Crippen molar-refractivity contribution in [1.82, 2.24) is 14.7 Å². The van der Waals surface area contributed by atoms with Gasteiger partial charge in [-0.05, 0) is 42.9 Å². The predicted octanol–water partition coefficient (Wildman–Crippen LogP) is 2.06. The molecular formula is C18H21N3O3. The monoisotopic (exact) mass is 327 g/mol. The van der Waals surface area contributed by atoms with E-state index in [1.807, 2.05) is 17.0 Å². The zero-order chi connectivity index (χ0) is 16.9. The molecular weight excluding hydrogens is 306 g/mol. The molecule has 2 aromatic rings. The van der Waals surface area contributed by atoms with Crippen LogP contribution in [0.3, 0.4) is 0 Å². The summed E-state index contributed by atoms with van der Waals surface area (Å²) in [5.74, 6) is -0.375. The minimum Gasteiger partial charge on any atom is -0.478 e. The molecule has 6 heteroatoms. The van der Waals surface area contributed by atoms with Crippen LogP contribution in [0.4, 0.5) is 0 Å². The minimum atomic E-state index is -0.877. The van der Waals surface area contributed by atoms with E-state index in [1.54, 1.807) is 35.3 Å². The Morgan fingerprint density at radius 2 is 1.92 bits per heavy atom. The molecule has 3 rings (SSSR count). The number of amides is 1. The molecule has 0 spiro atoms. The molecule has 1 aromatic carbocycles. The molecule has 1 aromatic heterocycles. The van der Waals surface area contributed by atoms with Crippen LogP contribution in [0.2, 0.25) is 0 Å². The third kappa shape index (κ3) is 3.82. The number of carbonyl (C=O) groups is 2. The van der Waals surface area contributed by atoms with E-state index in [0.717, 1.165) is 37.9 Å². The molecule has 1 amide bonds. The van der Waals surface area contributed by atoms with Gasteiger partial charge in [-0.2, -0.15) is 5.10 Å². The van der Waals surface area contributed by atoms with Crippen molar-refractivity contribution in [2.45, 2.75) is 25.8 Å². The lowest BCUT2D eigenvalue weighted by Crippen LogP contribution is -2.40. The Bertz CT molecular complexity index is 704.